The van der Waals surface area contributed by atoms with Crippen molar-refractivity contribution in [3.63, 3.8) is 0 Å². The first-order chi connectivity index (χ1) is 9.39. The van der Waals surface area contributed by atoms with Gasteiger partial charge >= 0.3 is 12.0 Å². The van der Waals surface area contributed by atoms with Gasteiger partial charge in [0, 0.05) is 12.6 Å². The molecule has 1 aliphatic heterocycles. The molecule has 1 saturated heterocycles. The number of amides is 2. The Hall–Kier alpha value is -1.26. The second kappa shape index (κ2) is 6.02. The van der Waals surface area contributed by atoms with Crippen LogP contribution in [0.3, 0.4) is 0 Å². The molecule has 2 rings (SSSR count). The van der Waals surface area contributed by atoms with Crippen LogP contribution in [-0.4, -0.2) is 40.6 Å². The van der Waals surface area contributed by atoms with Crippen LogP contribution in [0.4, 0.5) is 4.79 Å². The van der Waals surface area contributed by atoms with Crippen LogP contribution < -0.4 is 5.32 Å². The van der Waals surface area contributed by atoms with E-state index in [1.807, 2.05) is 0 Å². The van der Waals surface area contributed by atoms with Gasteiger partial charge in [-0.25, -0.2) is 9.59 Å². The third kappa shape index (κ3) is 3.64. The van der Waals surface area contributed by atoms with Gasteiger partial charge in [0.05, 0.1) is 0 Å². The van der Waals surface area contributed by atoms with E-state index in [0.717, 1.165) is 38.5 Å². The number of carbonyl (C=O) groups is 2. The molecule has 20 heavy (non-hydrogen) atoms. The molecular weight excluding hydrogens is 256 g/mol. The molecule has 1 heterocycles. The van der Waals surface area contributed by atoms with E-state index in [1.54, 1.807) is 0 Å². The summed E-state index contributed by atoms with van der Waals surface area (Å²) in [5.41, 5.74) is 0.371. The maximum Gasteiger partial charge on any atom is 0.326 e. The number of nitrogens with one attached hydrogen (secondary N) is 1. The standard InChI is InChI=1S/C15H26N2O3/c1-15(2)8-6-11(7-9-15)16-14(20)17-10-4-3-5-12(17)13(18)19/h11-12H,3-10H2,1-2H3,(H,16,20)(H,18,19). The Morgan fingerprint density at radius 2 is 1.80 bits per heavy atom. The van der Waals surface area contributed by atoms with Gasteiger partial charge in [-0.3, -0.25) is 0 Å². The van der Waals surface area contributed by atoms with Gasteiger partial charge in [-0.15, -0.1) is 0 Å². The van der Waals surface area contributed by atoms with Crippen LogP contribution in [0.2, 0.25) is 0 Å². The van der Waals surface area contributed by atoms with Gasteiger partial charge < -0.3 is 15.3 Å². The number of likely N-dealkylation sites (tertiary alicyclic amines) is 1. The molecule has 0 aromatic rings. The lowest BCUT2D eigenvalue weighted by Gasteiger charge is -2.37. The van der Waals surface area contributed by atoms with E-state index >= 15 is 0 Å². The van der Waals surface area contributed by atoms with Crippen LogP contribution in [0.1, 0.15) is 58.8 Å². The summed E-state index contributed by atoms with van der Waals surface area (Å²) in [6, 6.07) is -0.641. The van der Waals surface area contributed by atoms with E-state index in [9.17, 15) is 14.7 Å². The number of carboxylic acid groups (broad SMARTS) is 1. The van der Waals surface area contributed by atoms with Crippen molar-refractivity contribution in [3.8, 4) is 0 Å². The average molecular weight is 282 g/mol. The molecule has 2 aliphatic rings. The Bertz CT molecular complexity index is 371. The summed E-state index contributed by atoms with van der Waals surface area (Å²) in [7, 11) is 0. The van der Waals surface area contributed by atoms with Crippen molar-refractivity contribution in [2.24, 2.45) is 5.41 Å². The lowest BCUT2D eigenvalue weighted by atomic mass is 9.75. The second-order valence-corrected chi connectivity index (χ2v) is 6.93. The predicted molar refractivity (Wildman–Crippen MR) is 76.5 cm³/mol. The summed E-state index contributed by atoms with van der Waals surface area (Å²) in [5.74, 6) is -0.885. The van der Waals surface area contributed by atoms with Gasteiger partial charge in [0.2, 0.25) is 0 Å². The molecule has 0 aromatic heterocycles. The van der Waals surface area contributed by atoms with Gasteiger partial charge in [0.15, 0.2) is 0 Å². The summed E-state index contributed by atoms with van der Waals surface area (Å²) >= 11 is 0. The topological polar surface area (TPSA) is 69.6 Å². The Morgan fingerprint density at radius 1 is 1.15 bits per heavy atom. The lowest BCUT2D eigenvalue weighted by molar-refractivity contribution is -0.143. The Balaban J connectivity index is 1.89. The maximum absolute atomic E-state index is 12.3. The van der Waals surface area contributed by atoms with Crippen molar-refractivity contribution < 1.29 is 14.7 Å². The highest BCUT2D eigenvalue weighted by Crippen LogP contribution is 2.35. The number of rotatable bonds is 2. The summed E-state index contributed by atoms with van der Waals surface area (Å²) in [5, 5.41) is 12.2. The molecule has 2 N–H and O–H groups in total. The monoisotopic (exact) mass is 282 g/mol. The third-order valence-corrected chi connectivity index (χ3v) is 4.72. The van der Waals surface area contributed by atoms with Crippen LogP contribution in [0.15, 0.2) is 0 Å². The van der Waals surface area contributed by atoms with E-state index in [0.29, 0.717) is 18.4 Å². The van der Waals surface area contributed by atoms with E-state index < -0.39 is 12.0 Å². The first-order valence-corrected chi connectivity index (χ1v) is 7.69. The lowest BCUT2D eigenvalue weighted by Crippen LogP contribution is -2.54. The van der Waals surface area contributed by atoms with Gasteiger partial charge in [-0.1, -0.05) is 13.8 Å². The number of nitrogens with zero attached hydrogens (tertiary/aromatic N) is 1. The van der Waals surface area contributed by atoms with E-state index in [2.05, 4.69) is 19.2 Å². The summed E-state index contributed by atoms with van der Waals surface area (Å²) in [6.07, 6.45) is 6.56. The van der Waals surface area contributed by atoms with Crippen LogP contribution in [0.25, 0.3) is 0 Å². The van der Waals surface area contributed by atoms with Gasteiger partial charge in [0.25, 0.3) is 0 Å². The average Bonchev–Trinajstić information content (AvgIpc) is 2.41. The van der Waals surface area contributed by atoms with Crippen molar-refractivity contribution >= 4 is 12.0 Å². The van der Waals surface area contributed by atoms with Crippen molar-refractivity contribution in [3.05, 3.63) is 0 Å². The molecule has 0 spiro atoms. The van der Waals surface area contributed by atoms with Crippen LogP contribution in [-0.2, 0) is 4.79 Å². The van der Waals surface area contributed by atoms with Crippen molar-refractivity contribution in [2.45, 2.75) is 70.9 Å². The molecule has 1 atom stereocenters. The highest BCUT2D eigenvalue weighted by molar-refractivity contribution is 5.83. The minimum absolute atomic E-state index is 0.193. The minimum atomic E-state index is -0.885. The molecule has 0 bridgehead atoms. The maximum atomic E-state index is 12.3. The van der Waals surface area contributed by atoms with Crippen molar-refractivity contribution in [1.29, 1.82) is 0 Å². The number of hydrogen-bond donors (Lipinski definition) is 2. The number of aliphatic carboxylic acids is 1. The zero-order valence-corrected chi connectivity index (χ0v) is 12.5. The van der Waals surface area contributed by atoms with E-state index in [4.69, 9.17) is 0 Å². The number of carbonyl (C=O) groups excluding carboxylic acids is 1. The Labute approximate surface area is 120 Å². The second-order valence-electron chi connectivity index (χ2n) is 6.93. The first kappa shape index (κ1) is 15.1. The van der Waals surface area contributed by atoms with Gasteiger partial charge in [-0.2, -0.15) is 0 Å². The summed E-state index contributed by atoms with van der Waals surface area (Å²) in [4.78, 5) is 25.0. The molecule has 2 fully saturated rings. The van der Waals surface area contributed by atoms with Gasteiger partial charge in [-0.05, 0) is 50.4 Å². The number of piperidine rings is 1. The molecule has 1 saturated carbocycles. The molecule has 1 aliphatic carbocycles. The van der Waals surface area contributed by atoms with Crippen LogP contribution in [0, 0.1) is 5.41 Å². The van der Waals surface area contributed by atoms with Crippen molar-refractivity contribution in [1.82, 2.24) is 10.2 Å². The fourth-order valence-electron chi connectivity index (χ4n) is 3.23. The normalized spacial score (nSPS) is 27.1. The zero-order valence-electron chi connectivity index (χ0n) is 12.5. The molecular formula is C15H26N2O3. The fourth-order valence-corrected chi connectivity index (χ4v) is 3.23. The molecule has 114 valence electrons. The molecule has 1 unspecified atom stereocenters. The highest BCUT2D eigenvalue weighted by atomic mass is 16.4. The van der Waals surface area contributed by atoms with E-state index in [-0.39, 0.29) is 12.1 Å². The molecule has 5 heteroatoms. The van der Waals surface area contributed by atoms with Crippen molar-refractivity contribution in [2.75, 3.05) is 6.54 Å². The summed E-state index contributed by atoms with van der Waals surface area (Å²) < 4.78 is 0. The third-order valence-electron chi connectivity index (χ3n) is 4.72. The largest absolute Gasteiger partial charge is 0.480 e. The fraction of sp³-hybridized carbons (Fsp3) is 0.867. The highest BCUT2D eigenvalue weighted by Gasteiger charge is 2.34. The van der Waals surface area contributed by atoms with Gasteiger partial charge in [0.1, 0.15) is 6.04 Å². The molecule has 0 radical (unpaired) electrons. The SMILES string of the molecule is CC1(C)CCC(NC(=O)N2CCCCC2C(=O)O)CC1. The Kier molecular flexibility index (Phi) is 4.55. The number of carboxylic acids is 1. The summed E-state index contributed by atoms with van der Waals surface area (Å²) in [6.45, 7) is 5.08. The molecule has 2 amide bonds. The quantitative estimate of drug-likeness (QED) is 0.818. The first-order valence-electron chi connectivity index (χ1n) is 7.69. The Morgan fingerprint density at radius 3 is 2.40 bits per heavy atom. The van der Waals surface area contributed by atoms with Crippen LogP contribution >= 0.6 is 0 Å². The molecule has 5 nitrogen and oxygen atoms in total. The van der Waals surface area contributed by atoms with Crippen LogP contribution in [0.5, 0.6) is 0 Å². The zero-order chi connectivity index (χ0) is 14.8. The minimum Gasteiger partial charge on any atom is -0.480 e. The number of hydrogen-bond acceptors (Lipinski definition) is 2. The van der Waals surface area contributed by atoms with E-state index in [1.165, 1.54) is 4.90 Å². The molecule has 0 aromatic carbocycles. The smallest absolute Gasteiger partial charge is 0.326 e. The predicted octanol–water partition coefficient (Wildman–Crippen LogP) is 2.60. The number of urea groups is 1.